The van der Waals surface area contributed by atoms with Gasteiger partial charge in [0, 0.05) is 38.3 Å². The second kappa shape index (κ2) is 10.1. The van der Waals surface area contributed by atoms with Gasteiger partial charge in [0.1, 0.15) is 0 Å². The first-order valence-electron chi connectivity index (χ1n) is 11.6. The number of rotatable bonds is 7. The molecular weight excluding hydrogens is 438 g/mol. The fraction of sp³-hybridized carbons (Fsp3) is 0.440. The van der Waals surface area contributed by atoms with E-state index in [9.17, 15) is 18.0 Å². The van der Waals surface area contributed by atoms with E-state index in [0.29, 0.717) is 31.9 Å². The Morgan fingerprint density at radius 2 is 1.67 bits per heavy atom. The van der Waals surface area contributed by atoms with Crippen molar-refractivity contribution < 1.29 is 18.0 Å². The van der Waals surface area contributed by atoms with E-state index < -0.39 is 15.9 Å². The van der Waals surface area contributed by atoms with Gasteiger partial charge >= 0.3 is 0 Å². The zero-order valence-corrected chi connectivity index (χ0v) is 19.8. The van der Waals surface area contributed by atoms with Crippen LogP contribution < -0.4 is 5.32 Å². The van der Waals surface area contributed by atoms with Gasteiger partial charge in [0.15, 0.2) is 0 Å². The average molecular weight is 470 g/mol. The first-order valence-corrected chi connectivity index (χ1v) is 13.0. The number of carbonyl (C=O) groups is 2. The smallest absolute Gasteiger partial charge is 0.243 e. The normalized spacial score (nSPS) is 19.6. The third kappa shape index (κ3) is 5.62. The molecule has 2 heterocycles. The van der Waals surface area contributed by atoms with E-state index in [2.05, 4.69) is 29.6 Å². The van der Waals surface area contributed by atoms with Crippen LogP contribution in [0.4, 0.5) is 5.69 Å². The highest BCUT2D eigenvalue weighted by Crippen LogP contribution is 2.24. The standard InChI is InChI=1S/C25H31N3O4S/c1-19-5-7-20(8-6-19)13-16-27-18-21(17-24(27)29)25(30)26-22-9-11-23(12-10-22)33(31,32)28-14-3-2-4-15-28/h5-12,21H,2-4,13-18H2,1H3,(H,26,30). The number of nitrogens with one attached hydrogen (secondary N) is 1. The van der Waals surface area contributed by atoms with E-state index in [4.69, 9.17) is 0 Å². The number of sulfonamides is 1. The van der Waals surface area contributed by atoms with Crippen molar-refractivity contribution >= 4 is 27.5 Å². The van der Waals surface area contributed by atoms with Gasteiger partial charge < -0.3 is 10.2 Å². The van der Waals surface area contributed by atoms with Crippen molar-refractivity contribution in [1.82, 2.24) is 9.21 Å². The summed E-state index contributed by atoms with van der Waals surface area (Å²) in [5.74, 6) is -0.634. The van der Waals surface area contributed by atoms with E-state index in [1.165, 1.54) is 27.6 Å². The minimum Gasteiger partial charge on any atom is -0.342 e. The number of benzene rings is 2. The number of anilines is 1. The fourth-order valence-electron chi connectivity index (χ4n) is 4.39. The van der Waals surface area contributed by atoms with Crippen molar-refractivity contribution in [2.45, 2.75) is 43.9 Å². The SMILES string of the molecule is Cc1ccc(CCN2CC(C(=O)Nc3ccc(S(=O)(=O)N4CCCCC4)cc3)CC2=O)cc1. The van der Waals surface area contributed by atoms with Crippen LogP contribution in [0, 0.1) is 12.8 Å². The van der Waals surface area contributed by atoms with Crippen LogP contribution in [0.15, 0.2) is 53.4 Å². The summed E-state index contributed by atoms with van der Waals surface area (Å²) in [4.78, 5) is 27.1. The van der Waals surface area contributed by atoms with Crippen molar-refractivity contribution in [3.63, 3.8) is 0 Å². The molecule has 4 rings (SSSR count). The second-order valence-corrected chi connectivity index (χ2v) is 10.9. The molecule has 0 spiro atoms. The predicted molar refractivity (Wildman–Crippen MR) is 127 cm³/mol. The van der Waals surface area contributed by atoms with E-state index in [1.807, 2.05) is 6.92 Å². The van der Waals surface area contributed by atoms with E-state index in [1.54, 1.807) is 17.0 Å². The largest absolute Gasteiger partial charge is 0.342 e. The van der Waals surface area contributed by atoms with E-state index in [-0.39, 0.29) is 23.1 Å². The molecule has 33 heavy (non-hydrogen) atoms. The number of piperidine rings is 1. The van der Waals surface area contributed by atoms with Crippen LogP contribution in [0.1, 0.15) is 36.8 Å². The Labute approximate surface area is 195 Å². The minimum absolute atomic E-state index is 0.00904. The maximum absolute atomic E-state index is 12.8. The predicted octanol–water partition coefficient (Wildman–Crippen LogP) is 3.20. The summed E-state index contributed by atoms with van der Waals surface area (Å²) in [5.41, 5.74) is 2.90. The molecule has 2 saturated heterocycles. The molecule has 7 nitrogen and oxygen atoms in total. The van der Waals surface area contributed by atoms with Crippen LogP contribution in [0.3, 0.4) is 0 Å². The topological polar surface area (TPSA) is 86.8 Å². The van der Waals surface area contributed by atoms with Gasteiger partial charge in [-0.2, -0.15) is 4.31 Å². The monoisotopic (exact) mass is 469 g/mol. The quantitative estimate of drug-likeness (QED) is 0.675. The first-order chi connectivity index (χ1) is 15.8. The summed E-state index contributed by atoms with van der Waals surface area (Å²) in [6.07, 6.45) is 3.78. The van der Waals surface area contributed by atoms with Crippen LogP contribution in [-0.4, -0.2) is 55.6 Å². The third-order valence-electron chi connectivity index (χ3n) is 6.45. The van der Waals surface area contributed by atoms with Crippen molar-refractivity contribution in [2.75, 3.05) is 31.5 Å². The summed E-state index contributed by atoms with van der Waals surface area (Å²) in [7, 11) is -3.50. The molecule has 0 aliphatic carbocycles. The number of hydrogen-bond donors (Lipinski definition) is 1. The Hall–Kier alpha value is -2.71. The van der Waals surface area contributed by atoms with Crippen LogP contribution in [0.5, 0.6) is 0 Å². The number of aryl methyl sites for hydroxylation is 1. The Morgan fingerprint density at radius 1 is 1.00 bits per heavy atom. The highest BCUT2D eigenvalue weighted by Gasteiger charge is 2.34. The molecule has 1 unspecified atom stereocenters. The van der Waals surface area contributed by atoms with Crippen molar-refractivity contribution in [3.8, 4) is 0 Å². The molecule has 176 valence electrons. The van der Waals surface area contributed by atoms with Gasteiger partial charge in [-0.25, -0.2) is 8.42 Å². The Balaban J connectivity index is 1.31. The molecule has 1 N–H and O–H groups in total. The number of carbonyl (C=O) groups excluding carboxylic acids is 2. The molecule has 0 saturated carbocycles. The second-order valence-electron chi connectivity index (χ2n) is 8.95. The zero-order chi connectivity index (χ0) is 23.4. The number of nitrogens with zero attached hydrogens (tertiary/aromatic N) is 2. The van der Waals surface area contributed by atoms with Crippen LogP contribution >= 0.6 is 0 Å². The van der Waals surface area contributed by atoms with Gasteiger partial charge in [-0.05, 0) is 56.0 Å². The molecule has 2 amide bonds. The Kier molecular flexibility index (Phi) is 7.14. The molecule has 8 heteroatoms. The maximum atomic E-state index is 12.8. The van der Waals surface area contributed by atoms with Crippen LogP contribution in [0.25, 0.3) is 0 Å². The summed E-state index contributed by atoms with van der Waals surface area (Å²) in [6, 6.07) is 14.5. The highest BCUT2D eigenvalue weighted by molar-refractivity contribution is 7.89. The Bertz CT molecular complexity index is 1090. The van der Waals surface area contributed by atoms with E-state index >= 15 is 0 Å². The van der Waals surface area contributed by atoms with Crippen LogP contribution in [0.2, 0.25) is 0 Å². The summed E-state index contributed by atoms with van der Waals surface area (Å²) in [6.45, 7) is 4.14. The third-order valence-corrected chi connectivity index (χ3v) is 8.36. The van der Waals surface area contributed by atoms with Gasteiger partial charge in [-0.1, -0.05) is 36.2 Å². The van der Waals surface area contributed by atoms with Gasteiger partial charge in [-0.15, -0.1) is 0 Å². The molecule has 2 aliphatic rings. The van der Waals surface area contributed by atoms with Crippen molar-refractivity contribution in [1.29, 1.82) is 0 Å². The summed E-state index contributed by atoms with van der Waals surface area (Å²) in [5, 5.41) is 2.84. The van der Waals surface area contributed by atoms with Crippen LogP contribution in [-0.2, 0) is 26.0 Å². The maximum Gasteiger partial charge on any atom is 0.243 e. The molecule has 2 fully saturated rings. The molecule has 2 aromatic rings. The van der Waals surface area contributed by atoms with Gasteiger partial charge in [0.05, 0.1) is 10.8 Å². The van der Waals surface area contributed by atoms with Gasteiger partial charge in [-0.3, -0.25) is 9.59 Å². The zero-order valence-electron chi connectivity index (χ0n) is 19.0. The molecular formula is C25H31N3O4S. The molecule has 2 aromatic carbocycles. The first kappa shape index (κ1) is 23.4. The lowest BCUT2D eigenvalue weighted by molar-refractivity contribution is -0.128. The van der Waals surface area contributed by atoms with Crippen molar-refractivity contribution in [3.05, 3.63) is 59.7 Å². The lowest BCUT2D eigenvalue weighted by Crippen LogP contribution is -2.35. The molecule has 0 aromatic heterocycles. The van der Waals surface area contributed by atoms with Gasteiger partial charge in [0.2, 0.25) is 21.8 Å². The molecule has 0 radical (unpaired) electrons. The summed E-state index contributed by atoms with van der Waals surface area (Å²) < 4.78 is 27.1. The number of amides is 2. The highest BCUT2D eigenvalue weighted by atomic mass is 32.2. The molecule has 0 bridgehead atoms. The molecule has 2 aliphatic heterocycles. The van der Waals surface area contributed by atoms with Gasteiger partial charge in [0.25, 0.3) is 0 Å². The fourth-order valence-corrected chi connectivity index (χ4v) is 5.91. The molecule has 1 atom stereocenters. The van der Waals surface area contributed by atoms with Crippen molar-refractivity contribution in [2.24, 2.45) is 5.92 Å². The minimum atomic E-state index is -3.50. The lowest BCUT2D eigenvalue weighted by Gasteiger charge is -2.25. The Morgan fingerprint density at radius 3 is 2.33 bits per heavy atom. The number of likely N-dealkylation sites (tertiary alicyclic amines) is 1. The summed E-state index contributed by atoms with van der Waals surface area (Å²) >= 11 is 0. The average Bonchev–Trinajstić information content (AvgIpc) is 3.20. The lowest BCUT2D eigenvalue weighted by atomic mass is 10.1. The van der Waals surface area contributed by atoms with E-state index in [0.717, 1.165) is 25.7 Å². The number of hydrogen-bond acceptors (Lipinski definition) is 4.